The number of hydrogen-bond acceptors (Lipinski definition) is 3. The molecule has 1 aromatic heterocycles. The van der Waals surface area contributed by atoms with Crippen molar-refractivity contribution in [1.82, 2.24) is 20.0 Å². The van der Waals surface area contributed by atoms with Crippen LogP contribution in [-0.2, 0) is 13.1 Å². The van der Waals surface area contributed by atoms with Crippen molar-refractivity contribution in [2.75, 3.05) is 13.1 Å². The van der Waals surface area contributed by atoms with E-state index in [1.165, 1.54) is 25.0 Å². The lowest BCUT2D eigenvalue weighted by atomic mass is 9.86. The molecule has 1 atom stereocenters. The SMILES string of the molecule is CCC1CN(Cc2cc(C)nn2CC)C(CC)(CC)CN1. The van der Waals surface area contributed by atoms with Crippen LogP contribution in [0, 0.1) is 6.92 Å². The Bertz CT molecular complexity index is 448. The van der Waals surface area contributed by atoms with Crippen LogP contribution in [0.25, 0.3) is 0 Å². The van der Waals surface area contributed by atoms with E-state index in [1.807, 2.05) is 0 Å². The fourth-order valence-electron chi connectivity index (χ4n) is 3.62. The van der Waals surface area contributed by atoms with Gasteiger partial charge in [-0.05, 0) is 39.2 Å². The van der Waals surface area contributed by atoms with Crippen molar-refractivity contribution in [3.63, 3.8) is 0 Å². The summed E-state index contributed by atoms with van der Waals surface area (Å²) in [6.07, 6.45) is 3.60. The van der Waals surface area contributed by atoms with Crippen molar-refractivity contribution < 1.29 is 0 Å². The van der Waals surface area contributed by atoms with Crippen molar-refractivity contribution in [2.45, 2.75) is 78.6 Å². The smallest absolute Gasteiger partial charge is 0.0597 e. The van der Waals surface area contributed by atoms with Crippen LogP contribution < -0.4 is 5.32 Å². The highest BCUT2D eigenvalue weighted by atomic mass is 15.3. The Kier molecular flexibility index (Phi) is 5.44. The predicted octanol–water partition coefficient (Wildman–Crippen LogP) is 2.95. The third-order valence-corrected chi connectivity index (χ3v) is 5.28. The zero-order chi connectivity index (χ0) is 15.5. The van der Waals surface area contributed by atoms with Crippen LogP contribution in [-0.4, -0.2) is 39.4 Å². The van der Waals surface area contributed by atoms with Crippen molar-refractivity contribution in [3.8, 4) is 0 Å². The number of aromatic nitrogens is 2. The van der Waals surface area contributed by atoms with E-state index in [0.717, 1.165) is 31.9 Å². The number of aryl methyl sites for hydroxylation is 2. The van der Waals surface area contributed by atoms with E-state index in [-0.39, 0.29) is 0 Å². The Morgan fingerprint density at radius 1 is 1.29 bits per heavy atom. The first-order valence-electron chi connectivity index (χ1n) is 8.60. The monoisotopic (exact) mass is 292 g/mol. The fraction of sp³-hybridized carbons (Fsp3) is 0.824. The zero-order valence-electron chi connectivity index (χ0n) is 14.4. The summed E-state index contributed by atoms with van der Waals surface area (Å²) in [4.78, 5) is 2.71. The van der Waals surface area contributed by atoms with E-state index in [0.29, 0.717) is 11.6 Å². The van der Waals surface area contributed by atoms with Gasteiger partial charge in [0.1, 0.15) is 0 Å². The van der Waals surface area contributed by atoms with Gasteiger partial charge in [-0.15, -0.1) is 0 Å². The highest BCUT2D eigenvalue weighted by Crippen LogP contribution is 2.29. The lowest BCUT2D eigenvalue weighted by Gasteiger charge is -2.49. The summed E-state index contributed by atoms with van der Waals surface area (Å²) in [5.41, 5.74) is 2.79. The Morgan fingerprint density at radius 2 is 2.00 bits per heavy atom. The van der Waals surface area contributed by atoms with Crippen molar-refractivity contribution in [3.05, 3.63) is 17.5 Å². The molecule has 0 amide bonds. The van der Waals surface area contributed by atoms with E-state index in [2.05, 4.69) is 60.7 Å². The average Bonchev–Trinajstić information content (AvgIpc) is 2.87. The molecule has 2 heterocycles. The molecule has 0 aromatic carbocycles. The Labute approximate surface area is 129 Å². The predicted molar refractivity (Wildman–Crippen MR) is 88.4 cm³/mol. The first kappa shape index (κ1) is 16.5. The normalized spacial score (nSPS) is 22.6. The summed E-state index contributed by atoms with van der Waals surface area (Å²) in [5.74, 6) is 0. The molecular formula is C17H32N4. The maximum atomic E-state index is 4.61. The second-order valence-electron chi connectivity index (χ2n) is 6.39. The molecule has 0 radical (unpaired) electrons. The minimum atomic E-state index is 0.294. The zero-order valence-corrected chi connectivity index (χ0v) is 14.4. The molecule has 1 aliphatic rings. The molecule has 1 N–H and O–H groups in total. The van der Waals surface area contributed by atoms with Crippen molar-refractivity contribution in [2.24, 2.45) is 0 Å². The van der Waals surface area contributed by atoms with Crippen molar-refractivity contribution >= 4 is 0 Å². The molecule has 21 heavy (non-hydrogen) atoms. The first-order valence-corrected chi connectivity index (χ1v) is 8.60. The minimum absolute atomic E-state index is 0.294. The molecule has 1 aliphatic heterocycles. The maximum absolute atomic E-state index is 4.61. The summed E-state index contributed by atoms with van der Waals surface area (Å²) in [6.45, 7) is 15.4. The maximum Gasteiger partial charge on any atom is 0.0597 e. The summed E-state index contributed by atoms with van der Waals surface area (Å²) in [5, 5.41) is 8.35. The van der Waals surface area contributed by atoms with Gasteiger partial charge in [0, 0.05) is 37.8 Å². The summed E-state index contributed by atoms with van der Waals surface area (Å²) >= 11 is 0. The molecule has 4 nitrogen and oxygen atoms in total. The van der Waals surface area contributed by atoms with Gasteiger partial charge in [-0.3, -0.25) is 9.58 Å². The molecular weight excluding hydrogens is 260 g/mol. The number of hydrogen-bond donors (Lipinski definition) is 1. The summed E-state index contributed by atoms with van der Waals surface area (Å²) < 4.78 is 2.16. The quantitative estimate of drug-likeness (QED) is 0.875. The second-order valence-corrected chi connectivity index (χ2v) is 6.39. The number of rotatable bonds is 6. The molecule has 120 valence electrons. The van der Waals surface area contributed by atoms with E-state index in [9.17, 15) is 0 Å². The lowest BCUT2D eigenvalue weighted by Crippen LogP contribution is -2.63. The van der Waals surface area contributed by atoms with Gasteiger partial charge >= 0.3 is 0 Å². The topological polar surface area (TPSA) is 33.1 Å². The number of piperazine rings is 1. The van der Waals surface area contributed by atoms with E-state index >= 15 is 0 Å². The van der Waals surface area contributed by atoms with Gasteiger partial charge in [0.25, 0.3) is 0 Å². The molecule has 0 spiro atoms. The highest BCUT2D eigenvalue weighted by Gasteiger charge is 2.38. The van der Waals surface area contributed by atoms with E-state index < -0.39 is 0 Å². The largest absolute Gasteiger partial charge is 0.311 e. The van der Waals surface area contributed by atoms with E-state index in [4.69, 9.17) is 0 Å². The average molecular weight is 292 g/mol. The van der Waals surface area contributed by atoms with Gasteiger partial charge in [-0.1, -0.05) is 20.8 Å². The molecule has 0 bridgehead atoms. The van der Waals surface area contributed by atoms with Crippen LogP contribution in [0.2, 0.25) is 0 Å². The lowest BCUT2D eigenvalue weighted by molar-refractivity contribution is 0.0217. The van der Waals surface area contributed by atoms with Crippen LogP contribution in [0.5, 0.6) is 0 Å². The summed E-state index contributed by atoms with van der Waals surface area (Å²) in [6, 6.07) is 2.87. The molecule has 2 rings (SSSR count). The van der Waals surface area contributed by atoms with Gasteiger partial charge in [0.2, 0.25) is 0 Å². The third-order valence-electron chi connectivity index (χ3n) is 5.28. The molecule has 1 aromatic rings. The van der Waals surface area contributed by atoms with Gasteiger partial charge < -0.3 is 5.32 Å². The Hall–Kier alpha value is -0.870. The minimum Gasteiger partial charge on any atom is -0.311 e. The number of nitrogens with one attached hydrogen (secondary N) is 1. The summed E-state index contributed by atoms with van der Waals surface area (Å²) in [7, 11) is 0. The van der Waals surface area contributed by atoms with Gasteiger partial charge in [-0.2, -0.15) is 5.10 Å². The van der Waals surface area contributed by atoms with E-state index in [1.54, 1.807) is 0 Å². The Morgan fingerprint density at radius 3 is 2.57 bits per heavy atom. The first-order chi connectivity index (χ1) is 10.1. The molecule has 1 fully saturated rings. The standard InChI is InChI=1S/C17H32N4/c1-6-15-11-20(17(7-2,8-3)13-18-15)12-16-10-14(5)19-21(16)9-4/h10,15,18H,6-9,11-13H2,1-5H3. The Balaban J connectivity index is 2.23. The highest BCUT2D eigenvalue weighted by molar-refractivity contribution is 5.11. The van der Waals surface area contributed by atoms with Crippen LogP contribution in [0.15, 0.2) is 6.07 Å². The second kappa shape index (κ2) is 6.93. The van der Waals surface area contributed by atoms with Gasteiger partial charge in [-0.25, -0.2) is 0 Å². The molecule has 4 heteroatoms. The third kappa shape index (κ3) is 3.32. The van der Waals surface area contributed by atoms with Crippen LogP contribution in [0.3, 0.4) is 0 Å². The van der Waals surface area contributed by atoms with Crippen LogP contribution >= 0.6 is 0 Å². The fourth-order valence-corrected chi connectivity index (χ4v) is 3.62. The van der Waals surface area contributed by atoms with Crippen LogP contribution in [0.4, 0.5) is 0 Å². The van der Waals surface area contributed by atoms with Crippen molar-refractivity contribution in [1.29, 1.82) is 0 Å². The molecule has 1 saturated heterocycles. The molecule has 1 unspecified atom stereocenters. The molecule has 0 saturated carbocycles. The number of nitrogens with zero attached hydrogens (tertiary/aromatic N) is 3. The van der Waals surface area contributed by atoms with Crippen LogP contribution in [0.1, 0.15) is 58.3 Å². The van der Waals surface area contributed by atoms with Gasteiger partial charge in [0.15, 0.2) is 0 Å². The molecule has 0 aliphatic carbocycles. The van der Waals surface area contributed by atoms with Gasteiger partial charge in [0.05, 0.1) is 11.4 Å².